The van der Waals surface area contributed by atoms with Crippen molar-refractivity contribution in [1.29, 1.82) is 0 Å². The molecule has 0 bridgehead atoms. The quantitative estimate of drug-likeness (QED) is 0.202. The second-order valence-corrected chi connectivity index (χ2v) is 12.9. The van der Waals surface area contributed by atoms with Crippen LogP contribution >= 0.6 is 0 Å². The monoisotopic (exact) mass is 619 g/mol. The van der Waals surface area contributed by atoms with Crippen molar-refractivity contribution < 1.29 is 19.1 Å². The number of amides is 3. The summed E-state index contributed by atoms with van der Waals surface area (Å²) in [5.74, 6) is 0.731. The van der Waals surface area contributed by atoms with Crippen molar-refractivity contribution in [2.45, 2.75) is 77.6 Å². The van der Waals surface area contributed by atoms with Crippen LogP contribution < -0.4 is 15.0 Å². The number of rotatable bonds is 9. The van der Waals surface area contributed by atoms with Gasteiger partial charge in [-0.15, -0.1) is 0 Å². The van der Waals surface area contributed by atoms with Crippen LogP contribution in [0.2, 0.25) is 0 Å². The highest BCUT2D eigenvalue weighted by Crippen LogP contribution is 2.28. The molecule has 0 heterocycles. The molecule has 240 valence electrons. The molecule has 1 saturated carbocycles. The minimum atomic E-state index is -0.529. The average molecular weight is 620 g/mol. The predicted molar refractivity (Wildman–Crippen MR) is 185 cm³/mol. The summed E-state index contributed by atoms with van der Waals surface area (Å²) in [6.07, 6.45) is 5.34. The fourth-order valence-corrected chi connectivity index (χ4v) is 5.79. The van der Waals surface area contributed by atoms with E-state index in [2.05, 4.69) is 53.8 Å². The van der Waals surface area contributed by atoms with Crippen molar-refractivity contribution in [3.8, 4) is 16.9 Å². The van der Waals surface area contributed by atoms with E-state index >= 15 is 0 Å². The van der Waals surface area contributed by atoms with Gasteiger partial charge in [0.15, 0.2) is 0 Å². The van der Waals surface area contributed by atoms with Gasteiger partial charge in [-0.3, -0.25) is 4.90 Å². The first-order valence-corrected chi connectivity index (χ1v) is 16.1. The van der Waals surface area contributed by atoms with Crippen LogP contribution in [-0.4, -0.2) is 35.8 Å². The zero-order chi connectivity index (χ0) is 32.5. The second-order valence-electron chi connectivity index (χ2n) is 12.9. The summed E-state index contributed by atoms with van der Waals surface area (Å²) in [5, 5.41) is 3.01. The maximum atomic E-state index is 13.4. The second kappa shape index (κ2) is 15.0. The Hall–Kier alpha value is -4.78. The van der Waals surface area contributed by atoms with Crippen molar-refractivity contribution in [2.24, 2.45) is 0 Å². The number of carbonyl (C=O) groups is 2. The van der Waals surface area contributed by atoms with Crippen molar-refractivity contribution in [3.05, 3.63) is 114 Å². The van der Waals surface area contributed by atoms with Gasteiger partial charge >= 0.3 is 12.1 Å². The third-order valence-corrected chi connectivity index (χ3v) is 8.23. The van der Waals surface area contributed by atoms with Gasteiger partial charge in [0, 0.05) is 24.0 Å². The van der Waals surface area contributed by atoms with E-state index < -0.39 is 5.60 Å². The largest absolute Gasteiger partial charge is 0.497 e. The molecule has 4 aromatic carbocycles. The smallest absolute Gasteiger partial charge is 0.410 e. The van der Waals surface area contributed by atoms with E-state index in [1.54, 1.807) is 12.0 Å². The number of anilines is 2. The van der Waals surface area contributed by atoms with Crippen molar-refractivity contribution in [1.82, 2.24) is 4.90 Å². The molecule has 1 aliphatic carbocycles. The topological polar surface area (TPSA) is 71.1 Å². The molecule has 46 heavy (non-hydrogen) atoms. The Balaban J connectivity index is 1.27. The first-order valence-electron chi connectivity index (χ1n) is 16.1. The van der Waals surface area contributed by atoms with E-state index in [0.29, 0.717) is 18.8 Å². The van der Waals surface area contributed by atoms with Gasteiger partial charge in [0.2, 0.25) is 0 Å². The molecule has 0 unspecified atom stereocenters. The fourth-order valence-electron chi connectivity index (χ4n) is 5.79. The molecule has 0 aliphatic heterocycles. The van der Waals surface area contributed by atoms with E-state index in [1.165, 1.54) is 6.42 Å². The lowest BCUT2D eigenvalue weighted by molar-refractivity contribution is 0.00988. The lowest BCUT2D eigenvalue weighted by Crippen LogP contribution is -2.43. The number of para-hydroxylation sites is 1. The van der Waals surface area contributed by atoms with E-state index in [-0.39, 0.29) is 18.2 Å². The van der Waals surface area contributed by atoms with Crippen LogP contribution in [0.5, 0.6) is 5.75 Å². The number of nitrogens with one attached hydrogen (secondary N) is 1. The van der Waals surface area contributed by atoms with Crippen molar-refractivity contribution >= 4 is 23.5 Å². The van der Waals surface area contributed by atoms with Crippen LogP contribution in [0.4, 0.5) is 21.0 Å². The minimum Gasteiger partial charge on any atom is -0.497 e. The molecule has 0 radical (unpaired) electrons. The molecule has 0 saturated heterocycles. The molecule has 0 aromatic heterocycles. The molecule has 1 aliphatic rings. The Morgan fingerprint density at radius 3 is 1.85 bits per heavy atom. The number of benzene rings is 4. The van der Waals surface area contributed by atoms with E-state index in [0.717, 1.165) is 59.4 Å². The van der Waals surface area contributed by atoms with Gasteiger partial charge in [-0.1, -0.05) is 86.0 Å². The van der Waals surface area contributed by atoms with Gasteiger partial charge in [0.05, 0.1) is 13.7 Å². The van der Waals surface area contributed by atoms with E-state index in [1.807, 2.05) is 80.3 Å². The molecule has 1 fully saturated rings. The molecular weight excluding hydrogens is 574 g/mol. The van der Waals surface area contributed by atoms with Gasteiger partial charge in [0.1, 0.15) is 11.4 Å². The van der Waals surface area contributed by atoms with E-state index in [9.17, 15) is 9.59 Å². The summed E-state index contributed by atoms with van der Waals surface area (Å²) in [4.78, 5) is 30.3. The third kappa shape index (κ3) is 8.90. The van der Waals surface area contributed by atoms with Gasteiger partial charge < -0.3 is 19.7 Å². The molecular formula is C39H45N3O4. The van der Waals surface area contributed by atoms with Gasteiger partial charge in [0.25, 0.3) is 0 Å². The standard InChI is InChI=1S/C39H45N3O4/c1-39(2,3)46-38(44)42(35-13-9-6-10-14-35)28-30-17-21-32(22-18-30)31-19-15-29(16-20-31)27-41(34-11-7-5-8-12-34)37(43)40-33-23-25-36(45-4)26-24-33/h5,7-8,11-12,15-26,35H,6,9-10,13-14,27-28H2,1-4H3,(H,40,43). The molecule has 0 atom stereocenters. The summed E-state index contributed by atoms with van der Waals surface area (Å²) in [6.45, 7) is 6.70. The maximum Gasteiger partial charge on any atom is 0.410 e. The highest BCUT2D eigenvalue weighted by molar-refractivity contribution is 6.01. The first-order chi connectivity index (χ1) is 22.2. The molecule has 3 amide bonds. The minimum absolute atomic E-state index is 0.213. The lowest BCUT2D eigenvalue weighted by Gasteiger charge is -2.35. The summed E-state index contributed by atoms with van der Waals surface area (Å²) in [5.41, 5.74) is 5.24. The molecule has 0 spiro atoms. The Labute approximate surface area is 273 Å². The van der Waals surface area contributed by atoms with Crippen molar-refractivity contribution in [2.75, 3.05) is 17.3 Å². The zero-order valence-electron chi connectivity index (χ0n) is 27.4. The van der Waals surface area contributed by atoms with Gasteiger partial charge in [-0.25, -0.2) is 9.59 Å². The van der Waals surface area contributed by atoms with Crippen LogP contribution in [0.1, 0.15) is 64.0 Å². The zero-order valence-corrected chi connectivity index (χ0v) is 27.4. The fraction of sp³-hybridized carbons (Fsp3) is 0.333. The van der Waals surface area contributed by atoms with Crippen LogP contribution in [0.15, 0.2) is 103 Å². The summed E-state index contributed by atoms with van der Waals surface area (Å²) < 4.78 is 11.0. The van der Waals surface area contributed by atoms with Crippen LogP contribution in [0.3, 0.4) is 0 Å². The summed E-state index contributed by atoms with van der Waals surface area (Å²) in [6, 6.07) is 33.7. The molecule has 4 aromatic rings. The molecule has 5 rings (SSSR count). The Kier molecular flexibility index (Phi) is 10.6. The van der Waals surface area contributed by atoms with Crippen LogP contribution in [0, 0.1) is 0 Å². The Morgan fingerprint density at radius 1 is 0.739 bits per heavy atom. The number of nitrogens with zero attached hydrogens (tertiary/aromatic N) is 2. The summed E-state index contributed by atoms with van der Waals surface area (Å²) >= 11 is 0. The highest BCUT2D eigenvalue weighted by Gasteiger charge is 2.29. The average Bonchev–Trinajstić information content (AvgIpc) is 3.07. The van der Waals surface area contributed by atoms with Gasteiger partial charge in [-0.2, -0.15) is 0 Å². The van der Waals surface area contributed by atoms with Crippen LogP contribution in [-0.2, 0) is 17.8 Å². The molecule has 7 heteroatoms. The number of ether oxygens (including phenoxy) is 2. The van der Waals surface area contributed by atoms with E-state index in [4.69, 9.17) is 9.47 Å². The Morgan fingerprint density at radius 2 is 1.30 bits per heavy atom. The predicted octanol–water partition coefficient (Wildman–Crippen LogP) is 9.67. The SMILES string of the molecule is COc1ccc(NC(=O)N(Cc2ccc(-c3ccc(CN(C(=O)OC(C)(C)C)C4CCCCC4)cc3)cc2)c2ccccc2)cc1. The first kappa shape index (κ1) is 32.6. The maximum absolute atomic E-state index is 13.4. The van der Waals surface area contributed by atoms with Crippen molar-refractivity contribution in [3.63, 3.8) is 0 Å². The third-order valence-electron chi connectivity index (χ3n) is 8.23. The Bertz CT molecular complexity index is 1560. The lowest BCUT2D eigenvalue weighted by atomic mass is 9.94. The number of methoxy groups -OCH3 is 1. The highest BCUT2D eigenvalue weighted by atomic mass is 16.6. The number of carbonyl (C=O) groups excluding carboxylic acids is 2. The van der Waals surface area contributed by atoms with Crippen LogP contribution in [0.25, 0.3) is 11.1 Å². The van der Waals surface area contributed by atoms with Gasteiger partial charge in [-0.05, 0) is 92.3 Å². The molecule has 7 nitrogen and oxygen atoms in total. The number of hydrogen-bond acceptors (Lipinski definition) is 4. The normalized spacial score (nSPS) is 13.5. The number of urea groups is 1. The summed E-state index contributed by atoms with van der Waals surface area (Å²) in [7, 11) is 1.62. The number of hydrogen-bond donors (Lipinski definition) is 1. The molecule has 1 N–H and O–H groups in total.